The molecule has 4 N–H and O–H groups in total. The Hall–Kier alpha value is -2.25. The Morgan fingerprint density at radius 1 is 1.00 bits per heavy atom. The number of nitrogens with one attached hydrogen (secondary N) is 2. The molecule has 0 fully saturated rings. The van der Waals surface area contributed by atoms with Crippen molar-refractivity contribution in [3.8, 4) is 0 Å². The smallest absolute Gasteiger partial charge is 0.345 e. The highest BCUT2D eigenvalue weighted by molar-refractivity contribution is 7.99. The van der Waals surface area contributed by atoms with Crippen LogP contribution in [-0.2, 0) is 0 Å². The molecule has 1 aliphatic rings. The van der Waals surface area contributed by atoms with Gasteiger partial charge in [0.15, 0.2) is 5.11 Å². The second-order valence-electron chi connectivity index (χ2n) is 4.29. The predicted octanol–water partition coefficient (Wildman–Crippen LogP) is 2.75. The monoisotopic (exact) mass is 316 g/mol. The Kier molecular flexibility index (Phi) is 3.68. The number of para-hydroxylation sites is 2. The molecule has 2 aromatic carbocycles. The molecule has 2 amide bonds. The van der Waals surface area contributed by atoms with Gasteiger partial charge in [0, 0.05) is 9.79 Å². The highest BCUT2D eigenvalue weighted by atomic mass is 32.2. The second kappa shape index (κ2) is 5.63. The van der Waals surface area contributed by atoms with E-state index in [1.807, 2.05) is 48.5 Å². The van der Waals surface area contributed by atoms with Crippen LogP contribution in [0.3, 0.4) is 0 Å². The lowest BCUT2D eigenvalue weighted by Crippen LogP contribution is -2.49. The largest absolute Gasteiger partial charge is 0.375 e. The van der Waals surface area contributed by atoms with Crippen LogP contribution in [0.4, 0.5) is 16.2 Å². The van der Waals surface area contributed by atoms with E-state index in [0.29, 0.717) is 0 Å². The SMILES string of the molecule is NC(=S)NNC(=O)N1c2ccccc2Sc2ccccc21. The molecule has 7 heteroatoms. The number of benzene rings is 2. The number of thiocarbonyl (C=S) groups is 1. The number of urea groups is 1. The standard InChI is InChI=1S/C14H12N4OS2/c15-13(20)16-17-14(19)18-9-5-1-3-7-11(9)21-12-8-4-2-6-10(12)18/h1-8H,(H,17,19)(H3,15,16,20). The minimum atomic E-state index is -0.344. The predicted molar refractivity (Wildman–Crippen MR) is 87.6 cm³/mol. The molecule has 5 nitrogen and oxygen atoms in total. The number of hydrogen-bond acceptors (Lipinski definition) is 3. The molecule has 0 unspecified atom stereocenters. The minimum absolute atomic E-state index is 0.0105. The first kappa shape index (κ1) is 13.7. The molecule has 106 valence electrons. The van der Waals surface area contributed by atoms with Crippen LogP contribution in [0.15, 0.2) is 58.3 Å². The fourth-order valence-corrected chi connectivity index (χ4v) is 3.20. The number of hydrogen-bond donors (Lipinski definition) is 3. The molecule has 1 heterocycles. The lowest BCUT2D eigenvalue weighted by molar-refractivity contribution is 0.246. The van der Waals surface area contributed by atoms with E-state index < -0.39 is 0 Å². The van der Waals surface area contributed by atoms with Crippen molar-refractivity contribution in [1.82, 2.24) is 10.9 Å². The van der Waals surface area contributed by atoms with Crippen LogP contribution in [-0.4, -0.2) is 11.1 Å². The number of fused-ring (bicyclic) bond motifs is 2. The van der Waals surface area contributed by atoms with Gasteiger partial charge in [0.25, 0.3) is 0 Å². The van der Waals surface area contributed by atoms with E-state index in [4.69, 9.17) is 18.0 Å². The molecule has 0 bridgehead atoms. The average Bonchev–Trinajstić information content (AvgIpc) is 2.50. The van der Waals surface area contributed by atoms with E-state index in [1.165, 1.54) is 0 Å². The van der Waals surface area contributed by atoms with Gasteiger partial charge in [0.05, 0.1) is 11.4 Å². The van der Waals surface area contributed by atoms with Gasteiger partial charge in [-0.15, -0.1) is 0 Å². The molecule has 0 saturated carbocycles. The molecular formula is C14H12N4OS2. The van der Waals surface area contributed by atoms with Crippen molar-refractivity contribution in [2.45, 2.75) is 9.79 Å². The third kappa shape index (κ3) is 2.65. The zero-order valence-corrected chi connectivity index (χ0v) is 12.5. The number of rotatable bonds is 0. The van der Waals surface area contributed by atoms with Crippen LogP contribution >= 0.6 is 24.0 Å². The normalized spacial score (nSPS) is 12.1. The summed E-state index contributed by atoms with van der Waals surface area (Å²) in [7, 11) is 0. The van der Waals surface area contributed by atoms with Gasteiger partial charge in [-0.05, 0) is 36.5 Å². The van der Waals surface area contributed by atoms with Gasteiger partial charge in [-0.3, -0.25) is 10.3 Å². The summed E-state index contributed by atoms with van der Waals surface area (Å²) in [6.45, 7) is 0. The third-order valence-corrected chi connectivity index (χ3v) is 4.16. The van der Waals surface area contributed by atoms with Crippen molar-refractivity contribution < 1.29 is 4.79 Å². The van der Waals surface area contributed by atoms with Crippen molar-refractivity contribution >= 4 is 46.5 Å². The molecule has 3 rings (SSSR count). The number of nitrogens with zero attached hydrogens (tertiary/aromatic N) is 1. The molecule has 0 aromatic heterocycles. The zero-order valence-electron chi connectivity index (χ0n) is 10.9. The van der Waals surface area contributed by atoms with Gasteiger partial charge >= 0.3 is 6.03 Å². The van der Waals surface area contributed by atoms with Crippen LogP contribution in [0.25, 0.3) is 0 Å². The summed E-state index contributed by atoms with van der Waals surface area (Å²) < 4.78 is 0. The Balaban J connectivity index is 2.02. The first-order chi connectivity index (χ1) is 10.2. The fourth-order valence-electron chi connectivity index (χ4n) is 2.09. The molecule has 0 spiro atoms. The van der Waals surface area contributed by atoms with Crippen LogP contribution in [0.5, 0.6) is 0 Å². The van der Waals surface area contributed by atoms with E-state index in [0.717, 1.165) is 21.2 Å². The number of nitrogens with two attached hydrogens (primary N) is 1. The number of carbonyl (C=O) groups is 1. The Morgan fingerprint density at radius 2 is 1.52 bits per heavy atom. The summed E-state index contributed by atoms with van der Waals surface area (Å²) in [5.74, 6) is 0. The van der Waals surface area contributed by atoms with E-state index in [9.17, 15) is 4.79 Å². The molecule has 0 aliphatic carbocycles. The van der Waals surface area contributed by atoms with Gasteiger partial charge in [0.2, 0.25) is 0 Å². The van der Waals surface area contributed by atoms with E-state index in [1.54, 1.807) is 16.7 Å². The Labute approximate surface area is 131 Å². The lowest BCUT2D eigenvalue weighted by atomic mass is 10.2. The van der Waals surface area contributed by atoms with Gasteiger partial charge in [-0.2, -0.15) is 0 Å². The number of hydrazine groups is 1. The van der Waals surface area contributed by atoms with Gasteiger partial charge in [0.1, 0.15) is 0 Å². The van der Waals surface area contributed by atoms with Crippen LogP contribution < -0.4 is 21.5 Å². The van der Waals surface area contributed by atoms with E-state index >= 15 is 0 Å². The zero-order chi connectivity index (χ0) is 14.8. The van der Waals surface area contributed by atoms with Gasteiger partial charge in [-0.25, -0.2) is 10.2 Å². The topological polar surface area (TPSA) is 70.4 Å². The van der Waals surface area contributed by atoms with Crippen molar-refractivity contribution in [2.24, 2.45) is 5.73 Å². The molecule has 0 radical (unpaired) electrons. The van der Waals surface area contributed by atoms with Gasteiger partial charge in [-0.1, -0.05) is 36.0 Å². The second-order valence-corrected chi connectivity index (χ2v) is 5.82. The molecule has 1 aliphatic heterocycles. The highest BCUT2D eigenvalue weighted by Gasteiger charge is 2.27. The van der Waals surface area contributed by atoms with Crippen molar-refractivity contribution in [3.05, 3.63) is 48.5 Å². The summed E-state index contributed by atoms with van der Waals surface area (Å²) in [6.07, 6.45) is 0. The summed E-state index contributed by atoms with van der Waals surface area (Å²) in [5, 5.41) is 0.0105. The number of anilines is 2. The quantitative estimate of drug-likeness (QED) is 0.515. The Bertz CT molecular complexity index is 674. The van der Waals surface area contributed by atoms with E-state index in [2.05, 4.69) is 10.9 Å². The fraction of sp³-hybridized carbons (Fsp3) is 0. The van der Waals surface area contributed by atoms with Gasteiger partial charge < -0.3 is 5.73 Å². The minimum Gasteiger partial charge on any atom is -0.375 e. The molecule has 0 saturated heterocycles. The molecule has 2 aromatic rings. The summed E-state index contributed by atoms with van der Waals surface area (Å²) >= 11 is 6.34. The first-order valence-electron chi connectivity index (χ1n) is 6.18. The maximum atomic E-state index is 12.5. The molecule has 21 heavy (non-hydrogen) atoms. The van der Waals surface area contributed by atoms with E-state index in [-0.39, 0.29) is 11.1 Å². The lowest BCUT2D eigenvalue weighted by Gasteiger charge is -2.30. The average molecular weight is 316 g/mol. The first-order valence-corrected chi connectivity index (χ1v) is 7.41. The van der Waals surface area contributed by atoms with Crippen LogP contribution in [0, 0.1) is 0 Å². The third-order valence-electron chi connectivity index (χ3n) is 2.93. The van der Waals surface area contributed by atoms with Crippen molar-refractivity contribution in [1.29, 1.82) is 0 Å². The Morgan fingerprint density at radius 3 is 2.05 bits per heavy atom. The summed E-state index contributed by atoms with van der Waals surface area (Å²) in [4.78, 5) is 16.1. The summed E-state index contributed by atoms with van der Waals surface area (Å²) in [5.41, 5.74) is 11.9. The maximum absolute atomic E-state index is 12.5. The van der Waals surface area contributed by atoms with Crippen LogP contribution in [0.2, 0.25) is 0 Å². The van der Waals surface area contributed by atoms with Crippen molar-refractivity contribution in [2.75, 3.05) is 4.90 Å². The van der Waals surface area contributed by atoms with Crippen LogP contribution in [0.1, 0.15) is 0 Å². The number of carbonyl (C=O) groups excluding carboxylic acids is 1. The highest BCUT2D eigenvalue weighted by Crippen LogP contribution is 2.47. The molecular weight excluding hydrogens is 304 g/mol. The number of amides is 2. The molecule has 0 atom stereocenters. The van der Waals surface area contributed by atoms with Crippen molar-refractivity contribution in [3.63, 3.8) is 0 Å². The summed E-state index contributed by atoms with van der Waals surface area (Å²) in [6, 6.07) is 15.1. The maximum Gasteiger partial charge on any atom is 0.345 e.